The summed E-state index contributed by atoms with van der Waals surface area (Å²) in [6.45, 7) is 1.94. The minimum atomic E-state index is -0.647. The van der Waals surface area contributed by atoms with Crippen molar-refractivity contribution in [1.82, 2.24) is 5.43 Å². The highest BCUT2D eigenvalue weighted by Gasteiger charge is 2.16. The van der Waals surface area contributed by atoms with Crippen molar-refractivity contribution in [1.29, 1.82) is 0 Å². The number of carbonyl (C=O) groups excluding carboxylic acids is 2. The Morgan fingerprint density at radius 1 is 0.968 bits per heavy atom. The minimum Gasteiger partial charge on any atom is -0.493 e. The number of amides is 1. The highest BCUT2D eigenvalue weighted by molar-refractivity contribution is 6.36. The van der Waals surface area contributed by atoms with Crippen LogP contribution in [0.15, 0.2) is 65.8 Å². The van der Waals surface area contributed by atoms with Gasteiger partial charge in [0.15, 0.2) is 11.5 Å². The summed E-state index contributed by atoms with van der Waals surface area (Å²) in [5.41, 5.74) is 4.84. The second-order valence-electron chi connectivity index (χ2n) is 6.49. The molecule has 0 aliphatic carbocycles. The second kappa shape index (κ2) is 10.1. The summed E-state index contributed by atoms with van der Waals surface area (Å²) in [6.07, 6.45) is 1.45. The van der Waals surface area contributed by atoms with Gasteiger partial charge in [-0.2, -0.15) is 5.10 Å². The van der Waals surface area contributed by atoms with Gasteiger partial charge in [-0.05, 0) is 61.0 Å². The number of esters is 1. The number of rotatable bonds is 6. The van der Waals surface area contributed by atoms with Gasteiger partial charge < -0.3 is 9.47 Å². The van der Waals surface area contributed by atoms with Crippen molar-refractivity contribution in [3.63, 3.8) is 0 Å². The number of nitrogens with one attached hydrogen (secondary N) is 1. The average Bonchev–Trinajstić information content (AvgIpc) is 2.75. The molecule has 1 N–H and O–H groups in total. The Labute approximate surface area is 189 Å². The van der Waals surface area contributed by atoms with Gasteiger partial charge >= 0.3 is 5.97 Å². The predicted octanol–water partition coefficient (Wildman–Crippen LogP) is 5.29. The Bertz CT molecular complexity index is 1140. The lowest BCUT2D eigenvalue weighted by Crippen LogP contribution is -2.17. The monoisotopic (exact) mass is 456 g/mol. The van der Waals surface area contributed by atoms with E-state index in [2.05, 4.69) is 10.5 Å². The van der Waals surface area contributed by atoms with Crippen molar-refractivity contribution >= 4 is 41.3 Å². The summed E-state index contributed by atoms with van der Waals surface area (Å²) in [6, 6.07) is 16.5. The van der Waals surface area contributed by atoms with E-state index in [9.17, 15) is 9.59 Å². The fourth-order valence-corrected chi connectivity index (χ4v) is 3.08. The van der Waals surface area contributed by atoms with Crippen LogP contribution in [0.5, 0.6) is 11.5 Å². The molecule has 3 aromatic rings. The quantitative estimate of drug-likeness (QED) is 0.236. The van der Waals surface area contributed by atoms with Crippen LogP contribution >= 0.6 is 23.2 Å². The molecule has 0 saturated heterocycles. The summed E-state index contributed by atoms with van der Waals surface area (Å²) in [7, 11) is 1.45. The number of hydrazone groups is 1. The largest absolute Gasteiger partial charge is 0.493 e. The fourth-order valence-electron chi connectivity index (χ4n) is 2.59. The Morgan fingerprint density at radius 2 is 1.71 bits per heavy atom. The molecule has 0 saturated carbocycles. The molecule has 3 rings (SSSR count). The Hall–Kier alpha value is -3.35. The lowest BCUT2D eigenvalue weighted by Gasteiger charge is -2.10. The number of hydrogen-bond acceptors (Lipinski definition) is 5. The zero-order valence-corrected chi connectivity index (χ0v) is 18.2. The van der Waals surface area contributed by atoms with Crippen LogP contribution in [0.4, 0.5) is 0 Å². The van der Waals surface area contributed by atoms with Crippen molar-refractivity contribution in [2.75, 3.05) is 7.11 Å². The first kappa shape index (κ1) is 22.3. The number of halogens is 2. The molecule has 0 aliphatic rings. The van der Waals surface area contributed by atoms with Gasteiger partial charge in [-0.15, -0.1) is 0 Å². The molecule has 0 fully saturated rings. The maximum Gasteiger partial charge on any atom is 0.345 e. The number of carbonyl (C=O) groups is 2. The molecule has 0 heterocycles. The van der Waals surface area contributed by atoms with E-state index >= 15 is 0 Å². The zero-order valence-electron chi connectivity index (χ0n) is 16.7. The van der Waals surface area contributed by atoms with Crippen molar-refractivity contribution in [3.05, 3.63) is 93.0 Å². The molecule has 3 aromatic carbocycles. The first-order valence-electron chi connectivity index (χ1n) is 9.12. The number of hydrogen-bond donors (Lipinski definition) is 1. The van der Waals surface area contributed by atoms with E-state index < -0.39 is 5.97 Å². The van der Waals surface area contributed by atoms with Gasteiger partial charge in [0.1, 0.15) is 0 Å². The third kappa shape index (κ3) is 5.84. The smallest absolute Gasteiger partial charge is 0.345 e. The number of nitrogens with zero attached hydrogens (tertiary/aromatic N) is 1. The molecular formula is C23H18Cl2N2O4. The number of methoxy groups -OCH3 is 1. The first-order valence-corrected chi connectivity index (χ1v) is 9.88. The number of aryl methyl sites for hydroxylation is 1. The molecule has 0 aromatic heterocycles. The molecule has 0 atom stereocenters. The molecule has 0 aliphatic heterocycles. The van der Waals surface area contributed by atoms with Gasteiger partial charge in [-0.25, -0.2) is 10.2 Å². The van der Waals surface area contributed by atoms with Crippen LogP contribution in [-0.4, -0.2) is 25.2 Å². The average molecular weight is 457 g/mol. The zero-order chi connectivity index (χ0) is 22.4. The fraction of sp³-hybridized carbons (Fsp3) is 0.0870. The summed E-state index contributed by atoms with van der Waals surface area (Å²) in [5, 5.41) is 4.55. The maximum absolute atomic E-state index is 12.4. The Balaban J connectivity index is 1.69. The van der Waals surface area contributed by atoms with Crippen molar-refractivity contribution < 1.29 is 19.1 Å². The SMILES string of the molecule is COc1cc(C=NNC(=O)c2ccc(C)cc2)ccc1OC(=O)c1ccc(Cl)cc1Cl. The van der Waals surface area contributed by atoms with E-state index in [4.69, 9.17) is 32.7 Å². The second-order valence-corrected chi connectivity index (χ2v) is 7.33. The highest BCUT2D eigenvalue weighted by Crippen LogP contribution is 2.29. The van der Waals surface area contributed by atoms with E-state index in [1.54, 1.807) is 36.4 Å². The Kier molecular flexibility index (Phi) is 7.28. The van der Waals surface area contributed by atoms with E-state index in [1.807, 2.05) is 19.1 Å². The summed E-state index contributed by atoms with van der Waals surface area (Å²) in [4.78, 5) is 24.5. The lowest BCUT2D eigenvalue weighted by atomic mass is 10.1. The molecular weight excluding hydrogens is 439 g/mol. The molecule has 8 heteroatoms. The summed E-state index contributed by atoms with van der Waals surface area (Å²) in [5.74, 6) is -0.452. The van der Waals surface area contributed by atoms with Crippen molar-refractivity contribution in [2.24, 2.45) is 5.10 Å². The number of ether oxygens (including phenoxy) is 2. The van der Waals surface area contributed by atoms with Crippen molar-refractivity contribution in [2.45, 2.75) is 6.92 Å². The van der Waals surface area contributed by atoms with E-state index in [0.717, 1.165) is 5.56 Å². The van der Waals surface area contributed by atoms with Gasteiger partial charge in [-0.3, -0.25) is 4.79 Å². The van der Waals surface area contributed by atoms with Gasteiger partial charge in [0.05, 0.1) is 23.9 Å². The van der Waals surface area contributed by atoms with E-state index in [-0.39, 0.29) is 22.2 Å². The summed E-state index contributed by atoms with van der Waals surface area (Å²) < 4.78 is 10.7. The predicted molar refractivity (Wildman–Crippen MR) is 121 cm³/mol. The summed E-state index contributed by atoms with van der Waals surface area (Å²) >= 11 is 11.9. The van der Waals surface area contributed by atoms with Gasteiger partial charge in [-0.1, -0.05) is 40.9 Å². The molecule has 0 bridgehead atoms. The number of benzene rings is 3. The molecule has 1 amide bonds. The van der Waals surface area contributed by atoms with E-state index in [1.165, 1.54) is 25.5 Å². The molecule has 158 valence electrons. The normalized spacial score (nSPS) is 10.7. The van der Waals surface area contributed by atoms with Gasteiger partial charge in [0.2, 0.25) is 0 Å². The van der Waals surface area contributed by atoms with Gasteiger partial charge in [0, 0.05) is 10.6 Å². The molecule has 6 nitrogen and oxygen atoms in total. The van der Waals surface area contributed by atoms with Gasteiger partial charge in [0.25, 0.3) is 5.91 Å². The highest BCUT2D eigenvalue weighted by atomic mass is 35.5. The Morgan fingerprint density at radius 3 is 2.39 bits per heavy atom. The first-order chi connectivity index (χ1) is 14.9. The minimum absolute atomic E-state index is 0.178. The molecule has 0 radical (unpaired) electrons. The standard InChI is InChI=1S/C23H18Cl2N2O4/c1-14-3-6-16(7-4-14)22(28)27-26-13-15-5-10-20(21(11-15)30-2)31-23(29)18-9-8-17(24)12-19(18)25/h3-13H,1-2H3,(H,27,28). The van der Waals surface area contributed by atoms with Crippen LogP contribution in [0, 0.1) is 6.92 Å². The third-order valence-corrected chi connectivity index (χ3v) is 4.78. The van der Waals surface area contributed by atoms with Crippen LogP contribution in [-0.2, 0) is 0 Å². The van der Waals surface area contributed by atoms with Crippen LogP contribution in [0.1, 0.15) is 31.8 Å². The van der Waals surface area contributed by atoms with E-state index in [0.29, 0.717) is 21.9 Å². The third-order valence-electron chi connectivity index (χ3n) is 4.23. The topological polar surface area (TPSA) is 77.0 Å². The molecule has 0 unspecified atom stereocenters. The van der Waals surface area contributed by atoms with Crippen LogP contribution < -0.4 is 14.9 Å². The van der Waals surface area contributed by atoms with Crippen LogP contribution in [0.2, 0.25) is 10.0 Å². The molecule has 31 heavy (non-hydrogen) atoms. The van der Waals surface area contributed by atoms with Crippen molar-refractivity contribution in [3.8, 4) is 11.5 Å². The van der Waals surface area contributed by atoms with Crippen LogP contribution in [0.3, 0.4) is 0 Å². The molecule has 0 spiro atoms. The van der Waals surface area contributed by atoms with Crippen LogP contribution in [0.25, 0.3) is 0 Å². The maximum atomic E-state index is 12.4. The lowest BCUT2D eigenvalue weighted by molar-refractivity contribution is 0.0729.